The van der Waals surface area contributed by atoms with E-state index in [2.05, 4.69) is 33.9 Å². The second-order valence-corrected chi connectivity index (χ2v) is 12.0. The average Bonchev–Trinajstić information content (AvgIpc) is 2.44. The molecule has 2 rings (SSSR count). The molecule has 0 aliphatic carbocycles. The summed E-state index contributed by atoms with van der Waals surface area (Å²) in [5.74, 6) is 1.44. The van der Waals surface area contributed by atoms with Crippen molar-refractivity contribution in [1.29, 1.82) is 0 Å². The number of hydrogen-bond acceptors (Lipinski definition) is 3. The largest absolute Gasteiger partial charge is 0.543 e. The van der Waals surface area contributed by atoms with E-state index in [0.717, 1.165) is 5.56 Å². The Bertz CT molecular complexity index is 645. The van der Waals surface area contributed by atoms with Crippen molar-refractivity contribution in [3.63, 3.8) is 0 Å². The van der Waals surface area contributed by atoms with Gasteiger partial charge < -0.3 is 14.3 Å². The van der Waals surface area contributed by atoms with Gasteiger partial charge in [-0.15, -0.1) is 0 Å². The van der Waals surface area contributed by atoms with E-state index in [0.29, 0.717) is 18.1 Å². The summed E-state index contributed by atoms with van der Waals surface area (Å²) >= 11 is 0. The van der Waals surface area contributed by atoms with E-state index in [4.69, 9.17) is 9.16 Å². The summed E-state index contributed by atoms with van der Waals surface area (Å²) in [7, 11) is -1.95. The van der Waals surface area contributed by atoms with E-state index in [1.807, 2.05) is 36.4 Å². The number of phenols is 1. The van der Waals surface area contributed by atoms with Crippen LogP contribution in [-0.4, -0.2) is 13.4 Å². The minimum atomic E-state index is -1.95. The van der Waals surface area contributed by atoms with Crippen molar-refractivity contribution in [3.8, 4) is 17.2 Å². The highest BCUT2D eigenvalue weighted by atomic mass is 28.4. The lowest BCUT2D eigenvalue weighted by Crippen LogP contribution is -2.43. The fraction of sp³-hybridized carbons (Fsp3) is 0.368. The summed E-state index contributed by atoms with van der Waals surface area (Å²) in [6.07, 6.45) is 0. The quantitative estimate of drug-likeness (QED) is 0.751. The molecule has 3 nitrogen and oxygen atoms in total. The molecule has 0 bridgehead atoms. The van der Waals surface area contributed by atoms with Crippen LogP contribution in [0.15, 0.2) is 48.5 Å². The molecule has 0 aromatic heterocycles. The Kier molecular flexibility index (Phi) is 5.05. The van der Waals surface area contributed by atoms with Gasteiger partial charge in [-0.1, -0.05) is 51.1 Å². The van der Waals surface area contributed by atoms with E-state index < -0.39 is 8.32 Å². The molecule has 23 heavy (non-hydrogen) atoms. The lowest BCUT2D eigenvalue weighted by molar-refractivity contribution is 0.303. The first-order valence-corrected chi connectivity index (χ1v) is 10.8. The second-order valence-electron chi connectivity index (χ2n) is 7.30. The first-order valence-electron chi connectivity index (χ1n) is 7.87. The fourth-order valence-corrected chi connectivity index (χ4v) is 2.90. The first-order chi connectivity index (χ1) is 10.7. The topological polar surface area (TPSA) is 38.7 Å². The Balaban J connectivity index is 2.13. The van der Waals surface area contributed by atoms with Gasteiger partial charge in [0.05, 0.1) is 0 Å². The van der Waals surface area contributed by atoms with Gasteiger partial charge in [0.1, 0.15) is 23.9 Å². The van der Waals surface area contributed by atoms with Crippen LogP contribution in [-0.2, 0) is 6.61 Å². The Hall–Kier alpha value is -1.94. The highest BCUT2D eigenvalue weighted by Gasteiger charge is 2.39. The fourth-order valence-electron chi connectivity index (χ4n) is 1.89. The molecule has 0 radical (unpaired) electrons. The zero-order valence-electron chi connectivity index (χ0n) is 14.6. The predicted octanol–water partition coefficient (Wildman–Crippen LogP) is 5.36. The molecule has 0 fully saturated rings. The SMILES string of the molecule is CC(C)(C)[Si](C)(C)Oc1cc(O)cc(OCc2ccccc2)c1. The molecule has 4 heteroatoms. The summed E-state index contributed by atoms with van der Waals surface area (Å²) in [4.78, 5) is 0. The van der Waals surface area contributed by atoms with E-state index in [1.54, 1.807) is 12.1 Å². The maximum Gasteiger partial charge on any atom is 0.250 e. The summed E-state index contributed by atoms with van der Waals surface area (Å²) in [5.41, 5.74) is 1.09. The maximum atomic E-state index is 9.95. The van der Waals surface area contributed by atoms with Crippen LogP contribution in [0.2, 0.25) is 18.1 Å². The lowest BCUT2D eigenvalue weighted by atomic mass is 10.2. The van der Waals surface area contributed by atoms with Crippen molar-refractivity contribution in [3.05, 3.63) is 54.1 Å². The summed E-state index contributed by atoms with van der Waals surface area (Å²) < 4.78 is 12.0. The van der Waals surface area contributed by atoms with E-state index >= 15 is 0 Å². The number of benzene rings is 2. The molecule has 0 saturated heterocycles. The van der Waals surface area contributed by atoms with Gasteiger partial charge in [0.2, 0.25) is 8.32 Å². The van der Waals surface area contributed by atoms with Gasteiger partial charge in [-0.2, -0.15) is 0 Å². The van der Waals surface area contributed by atoms with E-state index in [-0.39, 0.29) is 10.8 Å². The number of phenolic OH excluding ortho intramolecular Hbond substituents is 1. The van der Waals surface area contributed by atoms with Gasteiger partial charge in [0.15, 0.2) is 0 Å². The molecule has 0 atom stereocenters. The Morgan fingerprint density at radius 1 is 0.957 bits per heavy atom. The molecule has 2 aromatic carbocycles. The van der Waals surface area contributed by atoms with Crippen LogP contribution in [0.4, 0.5) is 0 Å². The minimum absolute atomic E-state index is 0.101. The zero-order chi connectivity index (χ0) is 17.1. The Labute approximate surface area is 140 Å². The monoisotopic (exact) mass is 330 g/mol. The molecular formula is C19H26O3Si. The molecule has 0 aliphatic rings. The smallest absolute Gasteiger partial charge is 0.250 e. The average molecular weight is 330 g/mol. The lowest BCUT2D eigenvalue weighted by Gasteiger charge is -2.36. The van der Waals surface area contributed by atoms with Crippen LogP contribution in [0.25, 0.3) is 0 Å². The normalized spacial score (nSPS) is 12.0. The van der Waals surface area contributed by atoms with Gasteiger partial charge in [0.25, 0.3) is 0 Å². The van der Waals surface area contributed by atoms with Crippen LogP contribution in [0.3, 0.4) is 0 Å². The molecule has 2 aromatic rings. The highest BCUT2D eigenvalue weighted by Crippen LogP contribution is 2.39. The number of aromatic hydroxyl groups is 1. The van der Waals surface area contributed by atoms with Crippen molar-refractivity contribution < 1.29 is 14.3 Å². The summed E-state index contributed by atoms with van der Waals surface area (Å²) in [6.45, 7) is 11.4. The van der Waals surface area contributed by atoms with E-state index in [1.165, 1.54) is 0 Å². The number of hydrogen-bond donors (Lipinski definition) is 1. The van der Waals surface area contributed by atoms with Crippen LogP contribution in [0, 0.1) is 0 Å². The predicted molar refractivity (Wildman–Crippen MR) is 96.7 cm³/mol. The Morgan fingerprint density at radius 3 is 2.17 bits per heavy atom. The minimum Gasteiger partial charge on any atom is -0.543 e. The van der Waals surface area contributed by atoms with Crippen molar-refractivity contribution in [2.45, 2.75) is 45.5 Å². The summed E-state index contributed by atoms with van der Waals surface area (Å²) in [5, 5.41) is 10.0. The van der Waals surface area contributed by atoms with E-state index in [9.17, 15) is 5.11 Å². The van der Waals surface area contributed by atoms with Crippen LogP contribution < -0.4 is 9.16 Å². The third-order valence-electron chi connectivity index (χ3n) is 4.29. The third-order valence-corrected chi connectivity index (χ3v) is 8.65. The number of rotatable bonds is 5. The molecule has 1 N–H and O–H groups in total. The van der Waals surface area contributed by atoms with Gasteiger partial charge in [0, 0.05) is 18.2 Å². The standard InChI is InChI=1S/C19H26O3Si/c1-19(2,3)23(4,5)22-18-12-16(20)11-17(13-18)21-14-15-9-7-6-8-10-15/h6-13,20H,14H2,1-5H3. The molecule has 0 saturated carbocycles. The summed E-state index contributed by atoms with van der Waals surface area (Å²) in [6, 6.07) is 15.1. The molecule has 0 heterocycles. The molecule has 0 unspecified atom stereocenters. The van der Waals surface area contributed by atoms with Crippen molar-refractivity contribution in [1.82, 2.24) is 0 Å². The molecule has 124 valence electrons. The Morgan fingerprint density at radius 2 is 1.57 bits per heavy atom. The molecule has 0 aliphatic heterocycles. The van der Waals surface area contributed by atoms with Crippen molar-refractivity contribution in [2.24, 2.45) is 0 Å². The molecular weight excluding hydrogens is 304 g/mol. The molecule has 0 spiro atoms. The van der Waals surface area contributed by atoms with Gasteiger partial charge >= 0.3 is 0 Å². The maximum absolute atomic E-state index is 9.95. The van der Waals surface area contributed by atoms with Crippen LogP contribution in [0.1, 0.15) is 26.3 Å². The highest BCUT2D eigenvalue weighted by molar-refractivity contribution is 6.74. The number of ether oxygens (including phenoxy) is 1. The van der Waals surface area contributed by atoms with Gasteiger partial charge in [-0.25, -0.2) is 0 Å². The van der Waals surface area contributed by atoms with Crippen LogP contribution in [0.5, 0.6) is 17.2 Å². The van der Waals surface area contributed by atoms with Gasteiger partial charge in [-0.05, 0) is 23.7 Å². The third kappa shape index (κ3) is 4.76. The first kappa shape index (κ1) is 17.4. The zero-order valence-corrected chi connectivity index (χ0v) is 15.6. The van der Waals surface area contributed by atoms with Gasteiger partial charge in [-0.3, -0.25) is 0 Å². The van der Waals surface area contributed by atoms with Crippen molar-refractivity contribution in [2.75, 3.05) is 0 Å². The second kappa shape index (κ2) is 6.67. The van der Waals surface area contributed by atoms with Crippen molar-refractivity contribution >= 4 is 8.32 Å². The van der Waals surface area contributed by atoms with Crippen LogP contribution >= 0.6 is 0 Å². The molecule has 0 amide bonds.